The average molecular weight is 462 g/mol. The van der Waals surface area contributed by atoms with Gasteiger partial charge in [0.25, 0.3) is 0 Å². The van der Waals surface area contributed by atoms with E-state index >= 15 is 4.39 Å². The number of nitrogens with one attached hydrogen (secondary N) is 1. The quantitative estimate of drug-likeness (QED) is 0.420. The minimum absolute atomic E-state index is 0.0557. The van der Waals surface area contributed by atoms with Gasteiger partial charge in [-0.2, -0.15) is 5.26 Å². The van der Waals surface area contributed by atoms with Gasteiger partial charge in [0.1, 0.15) is 23.7 Å². The van der Waals surface area contributed by atoms with Crippen molar-refractivity contribution in [2.24, 2.45) is 5.92 Å². The highest BCUT2D eigenvalue weighted by molar-refractivity contribution is 5.96. The number of ether oxygens (including phenoxy) is 2. The Morgan fingerprint density at radius 2 is 2.03 bits per heavy atom. The molecule has 1 amide bonds. The number of rotatable bonds is 7. The van der Waals surface area contributed by atoms with Crippen molar-refractivity contribution < 1.29 is 18.7 Å². The molecule has 2 fully saturated rings. The van der Waals surface area contributed by atoms with Crippen molar-refractivity contribution in [3.63, 3.8) is 0 Å². The molecule has 0 radical (unpaired) electrons. The molecule has 176 valence electrons. The van der Waals surface area contributed by atoms with E-state index in [9.17, 15) is 10.1 Å². The Morgan fingerprint density at radius 1 is 1.24 bits per heavy atom. The van der Waals surface area contributed by atoms with Gasteiger partial charge in [-0.15, -0.1) is 0 Å². The van der Waals surface area contributed by atoms with E-state index in [0.717, 1.165) is 48.8 Å². The number of hydrogen-bond acceptors (Lipinski definition) is 4. The average Bonchev–Trinajstić information content (AvgIpc) is 3.58. The van der Waals surface area contributed by atoms with Crippen molar-refractivity contribution in [2.75, 3.05) is 11.9 Å². The smallest absolute Gasteiger partial charge is 0.411 e. The molecule has 0 spiro atoms. The first-order valence-corrected chi connectivity index (χ1v) is 12.0. The molecule has 0 aliphatic heterocycles. The molecule has 2 saturated carbocycles. The molecule has 2 aliphatic rings. The molecule has 6 nitrogen and oxygen atoms in total. The summed E-state index contributed by atoms with van der Waals surface area (Å²) < 4.78 is 28.3. The van der Waals surface area contributed by atoms with E-state index in [1.807, 2.05) is 32.0 Å². The zero-order valence-electron chi connectivity index (χ0n) is 19.4. The van der Waals surface area contributed by atoms with E-state index in [-0.39, 0.29) is 17.8 Å². The van der Waals surface area contributed by atoms with Crippen molar-refractivity contribution in [3.05, 3.63) is 47.8 Å². The lowest BCUT2D eigenvalue weighted by Gasteiger charge is -2.30. The third kappa shape index (κ3) is 4.09. The van der Waals surface area contributed by atoms with Crippen molar-refractivity contribution in [3.8, 4) is 23.1 Å². The highest BCUT2D eigenvalue weighted by Gasteiger charge is 2.31. The fraction of sp³-hybridized carbons (Fsp3) is 0.407. The van der Waals surface area contributed by atoms with Crippen molar-refractivity contribution in [2.45, 2.75) is 58.1 Å². The number of anilines is 1. The Bertz CT molecular complexity index is 1280. The van der Waals surface area contributed by atoms with Gasteiger partial charge in [0.2, 0.25) is 0 Å². The van der Waals surface area contributed by atoms with Gasteiger partial charge in [-0.3, -0.25) is 5.32 Å². The first kappa shape index (κ1) is 22.3. The third-order valence-electron chi connectivity index (χ3n) is 6.90. The second-order valence-corrected chi connectivity index (χ2v) is 9.17. The summed E-state index contributed by atoms with van der Waals surface area (Å²) >= 11 is 0. The van der Waals surface area contributed by atoms with Crippen LogP contribution >= 0.6 is 0 Å². The first-order chi connectivity index (χ1) is 16.5. The van der Waals surface area contributed by atoms with Crippen LogP contribution in [0, 0.1) is 23.1 Å². The van der Waals surface area contributed by atoms with Crippen LogP contribution in [0.2, 0.25) is 0 Å². The van der Waals surface area contributed by atoms with Crippen LogP contribution in [0.1, 0.15) is 57.6 Å². The van der Waals surface area contributed by atoms with Crippen molar-refractivity contribution >= 4 is 22.7 Å². The molecule has 3 aromatic rings. The van der Waals surface area contributed by atoms with Gasteiger partial charge in [-0.05, 0) is 76.1 Å². The lowest BCUT2D eigenvalue weighted by Crippen LogP contribution is -2.22. The number of aromatic nitrogens is 1. The monoisotopic (exact) mass is 461 g/mol. The summed E-state index contributed by atoms with van der Waals surface area (Å²) in [5.74, 6) is 0.575. The number of benzene rings is 2. The van der Waals surface area contributed by atoms with E-state index in [0.29, 0.717) is 29.3 Å². The summed E-state index contributed by atoms with van der Waals surface area (Å²) in [6.45, 7) is 4.34. The Balaban J connectivity index is 1.52. The van der Waals surface area contributed by atoms with Gasteiger partial charge >= 0.3 is 6.09 Å². The van der Waals surface area contributed by atoms with Crippen LogP contribution in [-0.2, 0) is 4.74 Å². The van der Waals surface area contributed by atoms with Crippen LogP contribution in [0.3, 0.4) is 0 Å². The number of carbonyl (C=O) groups is 1. The second-order valence-electron chi connectivity index (χ2n) is 9.17. The molecule has 0 bridgehead atoms. The summed E-state index contributed by atoms with van der Waals surface area (Å²) in [6, 6.07) is 13.0. The molecule has 1 N–H and O–H groups in total. The molecule has 1 aromatic heterocycles. The number of nitriles is 1. The van der Waals surface area contributed by atoms with E-state index in [1.54, 1.807) is 6.07 Å². The fourth-order valence-corrected chi connectivity index (χ4v) is 4.70. The van der Waals surface area contributed by atoms with Crippen LogP contribution in [0.5, 0.6) is 5.75 Å². The van der Waals surface area contributed by atoms with Gasteiger partial charge in [-0.1, -0.05) is 6.07 Å². The maximum absolute atomic E-state index is 15.1. The lowest BCUT2D eigenvalue weighted by molar-refractivity contribution is 0.108. The third-order valence-corrected chi connectivity index (χ3v) is 6.90. The van der Waals surface area contributed by atoms with Crippen molar-refractivity contribution in [1.29, 1.82) is 5.26 Å². The van der Waals surface area contributed by atoms with Crippen LogP contribution < -0.4 is 10.1 Å². The largest absolute Gasteiger partial charge is 0.494 e. The maximum Gasteiger partial charge on any atom is 0.411 e. The van der Waals surface area contributed by atoms with Gasteiger partial charge in [0, 0.05) is 23.1 Å². The summed E-state index contributed by atoms with van der Waals surface area (Å²) in [4.78, 5) is 12.2. The number of amides is 1. The Hall–Kier alpha value is -3.53. The Kier molecular flexibility index (Phi) is 5.91. The highest BCUT2D eigenvalue weighted by atomic mass is 19.1. The van der Waals surface area contributed by atoms with Crippen molar-refractivity contribution in [1.82, 2.24) is 4.57 Å². The molecule has 1 atom stereocenters. The molecule has 1 heterocycles. The minimum atomic E-state index is -0.657. The van der Waals surface area contributed by atoms with Gasteiger partial charge in [0.15, 0.2) is 0 Å². The van der Waals surface area contributed by atoms with Gasteiger partial charge in [0.05, 0.1) is 29.1 Å². The molecule has 5 rings (SSSR count). The zero-order chi connectivity index (χ0) is 23.8. The normalized spacial score (nSPS) is 16.5. The molecule has 0 unspecified atom stereocenters. The molecule has 0 saturated heterocycles. The SMILES string of the molecule is CCOc1ccc2c(C#N)c(-c3ccc(NC(=O)O[C@H](C)C4CC4)c(F)c3)n(C3CCC3)c2c1. The molecule has 2 aromatic carbocycles. The van der Waals surface area contributed by atoms with E-state index < -0.39 is 11.9 Å². The van der Waals surface area contributed by atoms with E-state index in [1.165, 1.54) is 12.1 Å². The summed E-state index contributed by atoms with van der Waals surface area (Å²) in [6.07, 6.45) is 4.41. The van der Waals surface area contributed by atoms with Crippen LogP contribution in [0.25, 0.3) is 22.2 Å². The maximum atomic E-state index is 15.1. The standard InChI is InChI=1S/C27H28FN3O3/c1-3-33-20-10-11-21-22(15-29)26(31(25(21)14-20)19-5-4-6-19)18-9-12-24(23(28)13-18)30-27(32)34-16(2)17-7-8-17/h9-14,16-17,19H,3-8H2,1-2H3,(H,30,32)/t16-/m1/s1. The number of halogens is 1. The second kappa shape index (κ2) is 9.02. The molecule has 7 heteroatoms. The van der Waals surface area contributed by atoms with Gasteiger partial charge in [-0.25, -0.2) is 9.18 Å². The lowest BCUT2D eigenvalue weighted by atomic mass is 9.92. The predicted molar refractivity (Wildman–Crippen MR) is 128 cm³/mol. The molecule has 34 heavy (non-hydrogen) atoms. The Morgan fingerprint density at radius 3 is 2.65 bits per heavy atom. The number of nitrogens with zero attached hydrogens (tertiary/aromatic N) is 2. The first-order valence-electron chi connectivity index (χ1n) is 12.0. The molecule has 2 aliphatic carbocycles. The topological polar surface area (TPSA) is 76.3 Å². The number of hydrogen-bond donors (Lipinski definition) is 1. The summed E-state index contributed by atoms with van der Waals surface area (Å²) in [5, 5.41) is 13.4. The minimum Gasteiger partial charge on any atom is -0.494 e. The summed E-state index contributed by atoms with van der Waals surface area (Å²) in [7, 11) is 0. The van der Waals surface area contributed by atoms with Crippen LogP contribution in [0.4, 0.5) is 14.9 Å². The van der Waals surface area contributed by atoms with Gasteiger partial charge < -0.3 is 14.0 Å². The fourth-order valence-electron chi connectivity index (χ4n) is 4.70. The molecular weight excluding hydrogens is 433 g/mol. The molecular formula is C27H28FN3O3. The zero-order valence-corrected chi connectivity index (χ0v) is 19.4. The number of carbonyl (C=O) groups excluding carboxylic acids is 1. The summed E-state index contributed by atoms with van der Waals surface area (Å²) in [5.41, 5.74) is 2.79. The predicted octanol–water partition coefficient (Wildman–Crippen LogP) is 6.79. The van der Waals surface area contributed by atoms with E-state index in [2.05, 4.69) is 16.0 Å². The van der Waals surface area contributed by atoms with Crippen LogP contribution in [-0.4, -0.2) is 23.4 Å². The number of fused-ring (bicyclic) bond motifs is 1. The Labute approximate surface area is 198 Å². The van der Waals surface area contributed by atoms with Crippen LogP contribution in [0.15, 0.2) is 36.4 Å². The van der Waals surface area contributed by atoms with E-state index in [4.69, 9.17) is 9.47 Å². The highest BCUT2D eigenvalue weighted by Crippen LogP contribution is 2.43.